The van der Waals surface area contributed by atoms with Gasteiger partial charge in [0, 0.05) is 6.92 Å². The van der Waals surface area contributed by atoms with Gasteiger partial charge in [0.2, 0.25) is 5.91 Å². The summed E-state index contributed by atoms with van der Waals surface area (Å²) in [6.45, 7) is 1.59. The van der Waals surface area contributed by atoms with Gasteiger partial charge in [0.15, 0.2) is 0 Å². The largest absolute Gasteiger partial charge is 0.383 e. The molecule has 1 aromatic rings. The number of rotatable bonds is 1. The molecule has 5 heteroatoms. The van der Waals surface area contributed by atoms with Gasteiger partial charge in [-0.05, 0) is 6.07 Å². The number of carbonyl (C=O) groups is 1. The first-order chi connectivity index (χ1) is 7.09. The zero-order valence-electron chi connectivity index (χ0n) is 8.17. The van der Waals surface area contributed by atoms with E-state index in [-0.39, 0.29) is 18.3 Å². The predicted octanol–water partition coefficient (Wildman–Crippen LogP) is 0.291. The minimum Gasteiger partial charge on any atom is -0.383 e. The second-order valence-corrected chi connectivity index (χ2v) is 2.80. The van der Waals surface area contributed by atoms with Gasteiger partial charge >= 0.3 is 0 Å². The molecule has 0 atom stereocenters. The summed E-state index contributed by atoms with van der Waals surface area (Å²) in [5, 5.41) is 2.48. The lowest BCUT2D eigenvalue weighted by molar-refractivity contribution is -0.118. The summed E-state index contributed by atoms with van der Waals surface area (Å²) in [7, 11) is 0. The van der Waals surface area contributed by atoms with Gasteiger partial charge in [-0.1, -0.05) is 11.8 Å². The van der Waals surface area contributed by atoms with E-state index in [0.717, 1.165) is 6.20 Å². The lowest BCUT2D eigenvalue weighted by Gasteiger charge is -1.96. The summed E-state index contributed by atoms with van der Waals surface area (Å²) in [6.07, 6.45) is 1.02. The molecule has 0 saturated carbocycles. The van der Waals surface area contributed by atoms with Gasteiger partial charge in [0.25, 0.3) is 0 Å². The maximum atomic E-state index is 12.7. The fourth-order valence-electron chi connectivity index (χ4n) is 0.858. The highest BCUT2D eigenvalue weighted by molar-refractivity contribution is 5.73. The van der Waals surface area contributed by atoms with Gasteiger partial charge in [0.1, 0.15) is 11.6 Å². The Hall–Kier alpha value is -2.09. The number of nitrogen functional groups attached to an aromatic ring is 1. The number of nitrogens with two attached hydrogens (primary N) is 1. The third-order valence-electron chi connectivity index (χ3n) is 1.53. The molecule has 3 N–H and O–H groups in total. The minimum absolute atomic E-state index is 0.172. The molecule has 0 radical (unpaired) electrons. The lowest BCUT2D eigenvalue weighted by atomic mass is 10.2. The number of carbonyl (C=O) groups excluding carboxylic acids is 1. The molecule has 4 nitrogen and oxygen atoms in total. The van der Waals surface area contributed by atoms with Crippen molar-refractivity contribution in [3.05, 3.63) is 23.6 Å². The number of halogens is 1. The van der Waals surface area contributed by atoms with Crippen molar-refractivity contribution in [1.29, 1.82) is 0 Å². The van der Waals surface area contributed by atoms with Crippen LogP contribution in [0.2, 0.25) is 0 Å². The fourth-order valence-corrected chi connectivity index (χ4v) is 0.858. The minimum atomic E-state index is -0.493. The molecule has 0 unspecified atom stereocenters. The molecular weight excluding hydrogens is 197 g/mol. The highest BCUT2D eigenvalue weighted by Gasteiger charge is 1.98. The zero-order valence-corrected chi connectivity index (χ0v) is 8.17. The Bertz CT molecular complexity index is 434. The van der Waals surface area contributed by atoms with E-state index in [4.69, 9.17) is 5.73 Å². The Morgan fingerprint density at radius 2 is 2.47 bits per heavy atom. The summed E-state index contributed by atoms with van der Waals surface area (Å²) in [5.41, 5.74) is 5.78. The zero-order chi connectivity index (χ0) is 11.3. The van der Waals surface area contributed by atoms with E-state index in [1.807, 2.05) is 0 Å². The number of hydrogen-bond donors (Lipinski definition) is 2. The van der Waals surface area contributed by atoms with Crippen molar-refractivity contribution in [3.63, 3.8) is 0 Å². The van der Waals surface area contributed by atoms with Crippen LogP contribution in [0.25, 0.3) is 0 Å². The first-order valence-corrected chi connectivity index (χ1v) is 4.24. The fraction of sp³-hybridized carbons (Fsp3) is 0.200. The molecule has 1 amide bonds. The average molecular weight is 207 g/mol. The van der Waals surface area contributed by atoms with Crippen LogP contribution in [0.15, 0.2) is 12.3 Å². The van der Waals surface area contributed by atoms with E-state index in [1.165, 1.54) is 13.0 Å². The summed E-state index contributed by atoms with van der Waals surface area (Å²) in [4.78, 5) is 14.1. The molecule has 0 aliphatic carbocycles. The summed E-state index contributed by atoms with van der Waals surface area (Å²) in [5.74, 6) is 4.76. The summed E-state index contributed by atoms with van der Waals surface area (Å²) in [6, 6.07) is 1.20. The van der Waals surface area contributed by atoms with Crippen molar-refractivity contribution in [3.8, 4) is 11.8 Å². The molecule has 0 fully saturated rings. The Balaban J connectivity index is 2.71. The van der Waals surface area contributed by atoms with Crippen LogP contribution in [-0.4, -0.2) is 17.4 Å². The standard InChI is InChI=1S/C10H10FN3O/c1-7(15)13-4-2-3-8-5-9(11)6-14-10(8)12/h5-6H,4H2,1H3,(H2,12,14)(H,13,15). The van der Waals surface area contributed by atoms with Gasteiger partial charge < -0.3 is 11.1 Å². The van der Waals surface area contributed by atoms with Crippen LogP contribution in [0, 0.1) is 17.7 Å². The van der Waals surface area contributed by atoms with Gasteiger partial charge in [-0.15, -0.1) is 0 Å². The van der Waals surface area contributed by atoms with Gasteiger partial charge in [-0.25, -0.2) is 9.37 Å². The van der Waals surface area contributed by atoms with Gasteiger partial charge in [-0.2, -0.15) is 0 Å². The SMILES string of the molecule is CC(=O)NCC#Cc1cc(F)cnc1N. The van der Waals surface area contributed by atoms with Crippen molar-refractivity contribution in [2.24, 2.45) is 0 Å². The van der Waals surface area contributed by atoms with E-state index in [9.17, 15) is 9.18 Å². The van der Waals surface area contributed by atoms with Gasteiger partial charge in [-0.3, -0.25) is 4.79 Å². The van der Waals surface area contributed by atoms with Crippen molar-refractivity contribution in [2.45, 2.75) is 6.92 Å². The molecule has 0 spiro atoms. The van der Waals surface area contributed by atoms with Gasteiger partial charge in [0.05, 0.1) is 18.3 Å². The quantitative estimate of drug-likeness (QED) is 0.650. The molecule has 1 heterocycles. The van der Waals surface area contributed by atoms with Crippen LogP contribution in [0.1, 0.15) is 12.5 Å². The van der Waals surface area contributed by atoms with Crippen molar-refractivity contribution in [1.82, 2.24) is 10.3 Å². The number of nitrogens with one attached hydrogen (secondary N) is 1. The normalized spacial score (nSPS) is 8.93. The van der Waals surface area contributed by atoms with E-state index in [2.05, 4.69) is 22.1 Å². The number of amides is 1. The van der Waals surface area contributed by atoms with Crippen LogP contribution in [-0.2, 0) is 4.79 Å². The Labute approximate surface area is 86.7 Å². The Morgan fingerprint density at radius 1 is 1.73 bits per heavy atom. The maximum Gasteiger partial charge on any atom is 0.217 e. The van der Waals surface area contributed by atoms with Crippen LogP contribution in [0.3, 0.4) is 0 Å². The molecule has 15 heavy (non-hydrogen) atoms. The highest BCUT2D eigenvalue weighted by Crippen LogP contribution is 2.07. The summed E-state index contributed by atoms with van der Waals surface area (Å²) < 4.78 is 12.7. The molecule has 0 aliphatic heterocycles. The maximum absolute atomic E-state index is 12.7. The van der Waals surface area contributed by atoms with Crippen LogP contribution in [0.5, 0.6) is 0 Å². The highest BCUT2D eigenvalue weighted by atomic mass is 19.1. The molecule has 1 aromatic heterocycles. The molecular formula is C10H10FN3O. The molecule has 0 aromatic carbocycles. The van der Waals surface area contributed by atoms with Crippen molar-refractivity contribution < 1.29 is 9.18 Å². The van der Waals surface area contributed by atoms with Crippen molar-refractivity contribution >= 4 is 11.7 Å². The Morgan fingerprint density at radius 3 is 3.13 bits per heavy atom. The first-order valence-electron chi connectivity index (χ1n) is 4.24. The predicted molar refractivity (Wildman–Crippen MR) is 54.2 cm³/mol. The molecule has 1 rings (SSSR count). The van der Waals surface area contributed by atoms with E-state index in [0.29, 0.717) is 5.56 Å². The van der Waals surface area contributed by atoms with E-state index >= 15 is 0 Å². The van der Waals surface area contributed by atoms with Crippen LogP contribution in [0.4, 0.5) is 10.2 Å². The topological polar surface area (TPSA) is 68.0 Å². The number of hydrogen-bond acceptors (Lipinski definition) is 3. The monoisotopic (exact) mass is 207 g/mol. The van der Waals surface area contributed by atoms with E-state index in [1.54, 1.807) is 0 Å². The average Bonchev–Trinajstić information content (AvgIpc) is 2.17. The third kappa shape index (κ3) is 3.65. The van der Waals surface area contributed by atoms with Crippen LogP contribution >= 0.6 is 0 Å². The van der Waals surface area contributed by atoms with Crippen LogP contribution < -0.4 is 11.1 Å². The van der Waals surface area contributed by atoms with Crippen molar-refractivity contribution in [2.75, 3.05) is 12.3 Å². The first kappa shape index (κ1) is 11.0. The second-order valence-electron chi connectivity index (χ2n) is 2.80. The lowest BCUT2D eigenvalue weighted by Crippen LogP contribution is -2.19. The number of nitrogens with zero attached hydrogens (tertiary/aromatic N) is 1. The molecule has 0 bridgehead atoms. The second kappa shape index (κ2) is 4.96. The molecule has 78 valence electrons. The summed E-state index contributed by atoms with van der Waals surface area (Å²) >= 11 is 0. The third-order valence-corrected chi connectivity index (χ3v) is 1.53. The number of pyridine rings is 1. The van der Waals surface area contributed by atoms with E-state index < -0.39 is 5.82 Å². The Kier molecular flexibility index (Phi) is 3.63. The smallest absolute Gasteiger partial charge is 0.217 e. The number of anilines is 1. The number of aromatic nitrogens is 1. The molecule has 0 aliphatic rings. The molecule has 0 saturated heterocycles.